The molecule has 16 heavy (non-hydrogen) atoms. The molecule has 1 aromatic rings. The smallest absolute Gasteiger partial charge is 0.128 e. The van der Waals surface area contributed by atoms with Crippen molar-refractivity contribution >= 4 is 0 Å². The maximum absolute atomic E-state index is 5.86. The van der Waals surface area contributed by atoms with Crippen molar-refractivity contribution in [2.24, 2.45) is 7.05 Å². The van der Waals surface area contributed by atoms with Crippen LogP contribution in [-0.4, -0.2) is 28.8 Å². The van der Waals surface area contributed by atoms with E-state index >= 15 is 0 Å². The Morgan fingerprint density at radius 1 is 1.62 bits per heavy atom. The number of hydrogen-bond donors (Lipinski definition) is 1. The minimum absolute atomic E-state index is 0.227. The van der Waals surface area contributed by atoms with Crippen LogP contribution in [0.1, 0.15) is 38.1 Å². The normalized spacial score (nSPS) is 23.2. The van der Waals surface area contributed by atoms with E-state index in [1.165, 1.54) is 12.8 Å². The first-order chi connectivity index (χ1) is 7.83. The van der Waals surface area contributed by atoms with Gasteiger partial charge >= 0.3 is 0 Å². The van der Waals surface area contributed by atoms with Gasteiger partial charge in [-0.15, -0.1) is 0 Å². The highest BCUT2D eigenvalue weighted by Gasteiger charge is 2.27. The van der Waals surface area contributed by atoms with Gasteiger partial charge in [-0.3, -0.25) is 0 Å². The van der Waals surface area contributed by atoms with Gasteiger partial charge < -0.3 is 14.6 Å². The highest BCUT2D eigenvalue weighted by molar-refractivity contribution is 5.02. The summed E-state index contributed by atoms with van der Waals surface area (Å²) in [6.07, 6.45) is 7.69. The van der Waals surface area contributed by atoms with Gasteiger partial charge in [0.25, 0.3) is 0 Å². The van der Waals surface area contributed by atoms with Crippen LogP contribution in [0.5, 0.6) is 0 Å². The van der Waals surface area contributed by atoms with Gasteiger partial charge in [-0.2, -0.15) is 0 Å². The van der Waals surface area contributed by atoms with E-state index in [0.29, 0.717) is 0 Å². The molecule has 0 spiro atoms. The lowest BCUT2D eigenvalue weighted by atomic mass is 10.0. The summed E-state index contributed by atoms with van der Waals surface area (Å²) >= 11 is 0. The lowest BCUT2D eigenvalue weighted by Crippen LogP contribution is -2.37. The fraction of sp³-hybridized carbons (Fsp3) is 0.750. The first-order valence-electron chi connectivity index (χ1n) is 6.15. The molecule has 4 nitrogen and oxygen atoms in total. The third kappa shape index (κ3) is 2.44. The van der Waals surface area contributed by atoms with Gasteiger partial charge in [0.2, 0.25) is 0 Å². The molecule has 0 aliphatic carbocycles. The monoisotopic (exact) mass is 223 g/mol. The molecule has 0 radical (unpaired) electrons. The Labute approximate surface area is 97.0 Å². The van der Waals surface area contributed by atoms with E-state index in [-0.39, 0.29) is 12.1 Å². The summed E-state index contributed by atoms with van der Waals surface area (Å²) in [7, 11) is 2.04. The van der Waals surface area contributed by atoms with E-state index in [1.54, 1.807) is 0 Å². The summed E-state index contributed by atoms with van der Waals surface area (Å²) in [5.74, 6) is 1.08. The van der Waals surface area contributed by atoms with E-state index in [9.17, 15) is 0 Å². The second-order valence-electron chi connectivity index (χ2n) is 4.34. The molecule has 0 amide bonds. The molecule has 1 fully saturated rings. The standard InChI is InChI=1S/C12H21N3O/c1-3-13-11(10-6-4-5-9-16-10)12-14-7-8-15(12)2/h7-8,10-11,13H,3-6,9H2,1-2H3. The van der Waals surface area contributed by atoms with Crippen LogP contribution in [0.25, 0.3) is 0 Å². The number of imidazole rings is 1. The maximum Gasteiger partial charge on any atom is 0.128 e. The van der Waals surface area contributed by atoms with Crippen LogP contribution < -0.4 is 5.32 Å². The molecule has 2 atom stereocenters. The molecule has 0 saturated carbocycles. The third-order valence-corrected chi connectivity index (χ3v) is 3.15. The molecule has 2 unspecified atom stereocenters. The Kier molecular flexibility index (Phi) is 3.96. The van der Waals surface area contributed by atoms with Gasteiger partial charge in [0.15, 0.2) is 0 Å². The second-order valence-corrected chi connectivity index (χ2v) is 4.34. The lowest BCUT2D eigenvalue weighted by Gasteiger charge is -2.30. The van der Waals surface area contributed by atoms with Crippen molar-refractivity contribution in [2.45, 2.75) is 38.3 Å². The number of hydrogen-bond acceptors (Lipinski definition) is 3. The van der Waals surface area contributed by atoms with Crippen molar-refractivity contribution in [3.05, 3.63) is 18.2 Å². The Morgan fingerprint density at radius 2 is 2.50 bits per heavy atom. The molecule has 1 saturated heterocycles. The average Bonchev–Trinajstić information content (AvgIpc) is 2.73. The molecule has 2 heterocycles. The van der Waals surface area contributed by atoms with Crippen molar-refractivity contribution in [1.29, 1.82) is 0 Å². The topological polar surface area (TPSA) is 39.1 Å². The predicted molar refractivity (Wildman–Crippen MR) is 63.2 cm³/mol. The van der Waals surface area contributed by atoms with Crippen molar-refractivity contribution < 1.29 is 4.74 Å². The number of aromatic nitrogens is 2. The second kappa shape index (κ2) is 5.46. The van der Waals surface area contributed by atoms with Crippen LogP contribution in [0.4, 0.5) is 0 Å². The van der Waals surface area contributed by atoms with Crippen molar-refractivity contribution in [3.8, 4) is 0 Å². The minimum Gasteiger partial charge on any atom is -0.376 e. The Morgan fingerprint density at radius 3 is 3.06 bits per heavy atom. The minimum atomic E-state index is 0.227. The zero-order valence-electron chi connectivity index (χ0n) is 10.1. The number of rotatable bonds is 4. The summed E-state index contributed by atoms with van der Waals surface area (Å²) in [6.45, 7) is 3.95. The average molecular weight is 223 g/mol. The first-order valence-corrected chi connectivity index (χ1v) is 6.15. The van der Waals surface area contributed by atoms with Gasteiger partial charge in [0.1, 0.15) is 5.82 Å². The number of ether oxygens (including phenoxy) is 1. The molecule has 2 rings (SSSR count). The Balaban J connectivity index is 2.12. The van der Waals surface area contributed by atoms with E-state index in [2.05, 4.69) is 21.8 Å². The van der Waals surface area contributed by atoms with Crippen molar-refractivity contribution in [3.63, 3.8) is 0 Å². The summed E-state index contributed by atoms with van der Waals surface area (Å²) in [5, 5.41) is 3.49. The molecular weight excluding hydrogens is 202 g/mol. The van der Waals surface area contributed by atoms with Crippen LogP contribution in [0, 0.1) is 0 Å². The largest absolute Gasteiger partial charge is 0.376 e. The van der Waals surface area contributed by atoms with Gasteiger partial charge in [-0.25, -0.2) is 4.98 Å². The van der Waals surface area contributed by atoms with Crippen LogP contribution in [0.15, 0.2) is 12.4 Å². The zero-order chi connectivity index (χ0) is 11.4. The molecule has 1 aromatic heterocycles. The lowest BCUT2D eigenvalue weighted by molar-refractivity contribution is -0.0102. The number of nitrogens with zero attached hydrogens (tertiary/aromatic N) is 2. The number of nitrogens with one attached hydrogen (secondary N) is 1. The molecule has 1 aliphatic rings. The number of aryl methyl sites for hydroxylation is 1. The third-order valence-electron chi connectivity index (χ3n) is 3.15. The van der Waals surface area contributed by atoms with Crippen LogP contribution in [0.2, 0.25) is 0 Å². The predicted octanol–water partition coefficient (Wildman–Crippen LogP) is 1.64. The quantitative estimate of drug-likeness (QED) is 0.843. The zero-order valence-corrected chi connectivity index (χ0v) is 10.1. The number of likely N-dealkylation sites (N-methyl/N-ethyl adjacent to an activating group) is 1. The Bertz CT molecular complexity index is 318. The Hall–Kier alpha value is -0.870. The van der Waals surface area contributed by atoms with E-state index in [0.717, 1.165) is 25.4 Å². The van der Waals surface area contributed by atoms with Gasteiger partial charge in [-0.05, 0) is 25.8 Å². The molecule has 4 heteroatoms. The summed E-state index contributed by atoms with van der Waals surface area (Å²) < 4.78 is 7.93. The maximum atomic E-state index is 5.86. The van der Waals surface area contributed by atoms with Gasteiger partial charge in [-0.1, -0.05) is 6.92 Å². The highest BCUT2D eigenvalue weighted by Crippen LogP contribution is 2.25. The van der Waals surface area contributed by atoms with Crippen LogP contribution >= 0.6 is 0 Å². The van der Waals surface area contributed by atoms with E-state index in [4.69, 9.17) is 4.74 Å². The van der Waals surface area contributed by atoms with Gasteiger partial charge in [0.05, 0.1) is 12.1 Å². The van der Waals surface area contributed by atoms with Crippen LogP contribution in [-0.2, 0) is 11.8 Å². The van der Waals surface area contributed by atoms with Crippen molar-refractivity contribution in [1.82, 2.24) is 14.9 Å². The van der Waals surface area contributed by atoms with Gasteiger partial charge in [0, 0.05) is 26.0 Å². The summed E-state index contributed by atoms with van der Waals surface area (Å²) in [6, 6.07) is 0.227. The molecule has 1 N–H and O–H groups in total. The highest BCUT2D eigenvalue weighted by atomic mass is 16.5. The fourth-order valence-corrected chi connectivity index (χ4v) is 2.31. The summed E-state index contributed by atoms with van der Waals surface area (Å²) in [5.41, 5.74) is 0. The van der Waals surface area contributed by atoms with Crippen LogP contribution in [0.3, 0.4) is 0 Å². The first kappa shape index (κ1) is 11.6. The van der Waals surface area contributed by atoms with Crippen molar-refractivity contribution in [2.75, 3.05) is 13.2 Å². The SMILES string of the molecule is CCNC(c1nccn1C)C1CCCCO1. The molecule has 0 bridgehead atoms. The molecular formula is C12H21N3O. The summed E-state index contributed by atoms with van der Waals surface area (Å²) in [4.78, 5) is 4.43. The van der Waals surface area contributed by atoms with E-state index in [1.807, 2.05) is 19.4 Å². The fourth-order valence-electron chi connectivity index (χ4n) is 2.31. The molecule has 90 valence electrons. The molecule has 0 aromatic carbocycles. The molecule has 1 aliphatic heterocycles. The van der Waals surface area contributed by atoms with E-state index < -0.39 is 0 Å².